The summed E-state index contributed by atoms with van der Waals surface area (Å²) in [6.45, 7) is 4.45. The number of aliphatic hydroxyl groups is 1. The Morgan fingerprint density at radius 1 is 0.970 bits per heavy atom. The Labute approximate surface area is 192 Å². The first-order chi connectivity index (χ1) is 15.9. The van der Waals surface area contributed by atoms with Gasteiger partial charge in [-0.3, -0.25) is 14.5 Å². The van der Waals surface area contributed by atoms with E-state index in [4.69, 9.17) is 4.74 Å². The predicted molar refractivity (Wildman–Crippen MR) is 126 cm³/mol. The van der Waals surface area contributed by atoms with E-state index in [0.717, 1.165) is 12.0 Å². The van der Waals surface area contributed by atoms with Gasteiger partial charge in [-0.05, 0) is 66.9 Å². The largest absolute Gasteiger partial charge is 0.508 e. The molecule has 1 aliphatic rings. The van der Waals surface area contributed by atoms with Crippen LogP contribution >= 0.6 is 0 Å². The zero-order chi connectivity index (χ0) is 23.5. The molecule has 0 radical (unpaired) electrons. The van der Waals surface area contributed by atoms with E-state index in [-0.39, 0.29) is 17.1 Å². The Bertz CT molecular complexity index is 1210. The molecule has 6 nitrogen and oxygen atoms in total. The molecule has 6 heteroatoms. The molecule has 33 heavy (non-hydrogen) atoms. The highest BCUT2D eigenvalue weighted by atomic mass is 16.5. The number of aryl methyl sites for hydroxylation is 1. The SMILES string of the molecule is CCCOc1ccc(/C(O)=C2\C(=O)C(=O)N(c3ccccc3C)C2c2ccc(O)cc2)cc1. The average molecular weight is 443 g/mol. The lowest BCUT2D eigenvalue weighted by atomic mass is 9.95. The van der Waals surface area contributed by atoms with Crippen LogP contribution < -0.4 is 9.64 Å². The Kier molecular flexibility index (Phi) is 6.18. The molecular weight excluding hydrogens is 418 g/mol. The van der Waals surface area contributed by atoms with Gasteiger partial charge >= 0.3 is 0 Å². The first-order valence-corrected chi connectivity index (χ1v) is 10.8. The summed E-state index contributed by atoms with van der Waals surface area (Å²) < 4.78 is 5.59. The molecule has 1 heterocycles. The number of hydrogen-bond donors (Lipinski definition) is 2. The van der Waals surface area contributed by atoms with Gasteiger partial charge in [-0.1, -0.05) is 37.3 Å². The normalized spacial score (nSPS) is 17.4. The third kappa shape index (κ3) is 4.20. The number of hydrogen-bond acceptors (Lipinski definition) is 5. The van der Waals surface area contributed by atoms with Gasteiger partial charge in [0.05, 0.1) is 18.2 Å². The molecule has 1 aliphatic heterocycles. The van der Waals surface area contributed by atoms with E-state index in [9.17, 15) is 19.8 Å². The standard InChI is InChI=1S/C27H25NO5/c1-3-16-33-21-14-10-19(11-15-21)25(30)23-24(18-8-12-20(29)13-9-18)28(27(32)26(23)31)22-7-5-4-6-17(22)2/h4-15,24,29-30H,3,16H2,1-2H3/b25-23+. The summed E-state index contributed by atoms with van der Waals surface area (Å²) >= 11 is 0. The topological polar surface area (TPSA) is 87.1 Å². The maximum Gasteiger partial charge on any atom is 0.300 e. The second-order valence-electron chi connectivity index (χ2n) is 7.92. The Hall–Kier alpha value is -4.06. The predicted octanol–water partition coefficient (Wildman–Crippen LogP) is 5.12. The lowest BCUT2D eigenvalue weighted by molar-refractivity contribution is -0.132. The number of anilines is 1. The number of rotatable bonds is 6. The quantitative estimate of drug-likeness (QED) is 0.314. The molecule has 3 aromatic rings. The summed E-state index contributed by atoms with van der Waals surface area (Å²) in [6, 6.07) is 19.5. The summed E-state index contributed by atoms with van der Waals surface area (Å²) in [6.07, 6.45) is 0.872. The number of aromatic hydroxyl groups is 1. The molecule has 0 aromatic heterocycles. The maximum atomic E-state index is 13.2. The van der Waals surface area contributed by atoms with Crippen molar-refractivity contribution >= 4 is 23.1 Å². The van der Waals surface area contributed by atoms with Gasteiger partial charge in [-0.15, -0.1) is 0 Å². The molecule has 0 saturated carbocycles. The van der Waals surface area contributed by atoms with Crippen molar-refractivity contribution in [3.8, 4) is 11.5 Å². The second kappa shape index (κ2) is 9.20. The zero-order valence-corrected chi connectivity index (χ0v) is 18.5. The van der Waals surface area contributed by atoms with Crippen LogP contribution in [0, 0.1) is 6.92 Å². The highest BCUT2D eigenvalue weighted by Crippen LogP contribution is 2.43. The van der Waals surface area contributed by atoms with Crippen LogP contribution in [0.2, 0.25) is 0 Å². The van der Waals surface area contributed by atoms with E-state index in [1.807, 2.05) is 26.0 Å². The minimum absolute atomic E-state index is 0.00355. The first-order valence-electron chi connectivity index (χ1n) is 10.8. The van der Waals surface area contributed by atoms with Crippen molar-refractivity contribution in [1.29, 1.82) is 0 Å². The van der Waals surface area contributed by atoms with Crippen molar-refractivity contribution in [2.24, 2.45) is 0 Å². The second-order valence-corrected chi connectivity index (χ2v) is 7.92. The zero-order valence-electron chi connectivity index (χ0n) is 18.5. The van der Waals surface area contributed by atoms with Gasteiger partial charge in [0.1, 0.15) is 17.3 Å². The van der Waals surface area contributed by atoms with Crippen LogP contribution in [0.25, 0.3) is 5.76 Å². The molecule has 4 rings (SSSR count). The van der Waals surface area contributed by atoms with Crippen LogP contribution in [0.4, 0.5) is 5.69 Å². The third-order valence-electron chi connectivity index (χ3n) is 5.63. The average Bonchev–Trinajstić information content (AvgIpc) is 3.09. The van der Waals surface area contributed by atoms with Gasteiger partial charge in [0.2, 0.25) is 0 Å². The molecule has 0 spiro atoms. The number of Topliss-reactive ketones (excluding diaryl/α,β-unsaturated/α-hetero) is 1. The van der Waals surface area contributed by atoms with Crippen LogP contribution in [0.15, 0.2) is 78.4 Å². The van der Waals surface area contributed by atoms with Crippen molar-refractivity contribution in [2.45, 2.75) is 26.3 Å². The van der Waals surface area contributed by atoms with Crippen LogP contribution in [-0.4, -0.2) is 28.5 Å². The number of ketones is 1. The fraction of sp³-hybridized carbons (Fsp3) is 0.185. The number of para-hydroxylation sites is 1. The minimum atomic E-state index is -0.845. The van der Waals surface area contributed by atoms with Crippen LogP contribution in [0.3, 0.4) is 0 Å². The summed E-state index contributed by atoms with van der Waals surface area (Å²) in [4.78, 5) is 27.8. The summed E-state index contributed by atoms with van der Waals surface area (Å²) in [5.41, 5.74) is 2.40. The smallest absolute Gasteiger partial charge is 0.300 e. The molecular formula is C27H25NO5. The number of ether oxygens (including phenoxy) is 1. The van der Waals surface area contributed by atoms with Crippen LogP contribution in [-0.2, 0) is 9.59 Å². The number of benzene rings is 3. The van der Waals surface area contributed by atoms with Gasteiger partial charge in [-0.2, -0.15) is 0 Å². The minimum Gasteiger partial charge on any atom is -0.508 e. The first kappa shape index (κ1) is 22.1. The van der Waals surface area contributed by atoms with Gasteiger partial charge in [0.15, 0.2) is 0 Å². The van der Waals surface area contributed by atoms with Gasteiger partial charge in [-0.25, -0.2) is 0 Å². The van der Waals surface area contributed by atoms with E-state index < -0.39 is 17.7 Å². The van der Waals surface area contributed by atoms with Crippen LogP contribution in [0.5, 0.6) is 11.5 Å². The van der Waals surface area contributed by atoms with Crippen molar-refractivity contribution in [3.05, 3.63) is 95.1 Å². The molecule has 3 aromatic carbocycles. The van der Waals surface area contributed by atoms with E-state index >= 15 is 0 Å². The van der Waals surface area contributed by atoms with E-state index in [1.54, 1.807) is 48.5 Å². The Morgan fingerprint density at radius 2 is 1.64 bits per heavy atom. The molecule has 0 aliphatic carbocycles. The van der Waals surface area contributed by atoms with Gasteiger partial charge in [0.25, 0.3) is 11.7 Å². The fourth-order valence-electron chi connectivity index (χ4n) is 3.97. The number of carbonyl (C=O) groups is 2. The highest BCUT2D eigenvalue weighted by molar-refractivity contribution is 6.51. The molecule has 1 saturated heterocycles. The van der Waals surface area contributed by atoms with Crippen molar-refractivity contribution in [3.63, 3.8) is 0 Å². The number of phenols is 1. The maximum absolute atomic E-state index is 13.2. The molecule has 0 bridgehead atoms. The monoisotopic (exact) mass is 443 g/mol. The number of nitrogens with zero attached hydrogens (tertiary/aromatic N) is 1. The molecule has 1 unspecified atom stereocenters. The molecule has 1 fully saturated rings. The van der Waals surface area contributed by atoms with Crippen LogP contribution in [0.1, 0.15) is 36.1 Å². The molecule has 1 atom stereocenters. The summed E-state index contributed by atoms with van der Waals surface area (Å²) in [5.74, 6) is -1.02. The summed E-state index contributed by atoms with van der Waals surface area (Å²) in [5, 5.41) is 20.9. The third-order valence-corrected chi connectivity index (χ3v) is 5.63. The fourth-order valence-corrected chi connectivity index (χ4v) is 3.97. The highest BCUT2D eigenvalue weighted by Gasteiger charge is 2.47. The van der Waals surface area contributed by atoms with Crippen molar-refractivity contribution < 1.29 is 24.5 Å². The van der Waals surface area contributed by atoms with Crippen molar-refractivity contribution in [1.82, 2.24) is 0 Å². The van der Waals surface area contributed by atoms with Gasteiger partial charge in [0, 0.05) is 11.3 Å². The molecule has 168 valence electrons. The number of phenolic OH excluding ortho intramolecular Hbond substituents is 1. The lowest BCUT2D eigenvalue weighted by Crippen LogP contribution is -2.30. The Balaban J connectivity index is 1.86. The Morgan fingerprint density at radius 3 is 2.27 bits per heavy atom. The number of amides is 1. The number of carbonyl (C=O) groups excluding carboxylic acids is 2. The summed E-state index contributed by atoms with van der Waals surface area (Å²) in [7, 11) is 0. The molecule has 2 N–H and O–H groups in total. The lowest BCUT2D eigenvalue weighted by Gasteiger charge is -2.26. The van der Waals surface area contributed by atoms with Crippen molar-refractivity contribution in [2.75, 3.05) is 11.5 Å². The van der Waals surface area contributed by atoms with E-state index in [2.05, 4.69) is 0 Å². The number of aliphatic hydroxyl groups excluding tert-OH is 1. The van der Waals surface area contributed by atoms with E-state index in [1.165, 1.54) is 17.0 Å². The van der Waals surface area contributed by atoms with E-state index in [0.29, 0.717) is 29.2 Å². The van der Waals surface area contributed by atoms with Gasteiger partial charge < -0.3 is 14.9 Å². The molecule has 1 amide bonds.